The topological polar surface area (TPSA) is 83.4 Å². The maximum Gasteiger partial charge on any atom is 0.237 e. The molecule has 1 aliphatic rings. The van der Waals surface area contributed by atoms with Crippen molar-refractivity contribution in [3.05, 3.63) is 48.5 Å². The van der Waals surface area contributed by atoms with E-state index in [1.165, 1.54) is 17.4 Å². The van der Waals surface area contributed by atoms with Crippen molar-refractivity contribution in [2.24, 2.45) is 0 Å². The fourth-order valence-electron chi connectivity index (χ4n) is 4.47. The van der Waals surface area contributed by atoms with E-state index in [0.29, 0.717) is 17.4 Å². The van der Waals surface area contributed by atoms with Crippen molar-refractivity contribution in [3.8, 4) is 11.4 Å². The van der Waals surface area contributed by atoms with E-state index < -0.39 is 0 Å². The van der Waals surface area contributed by atoms with Gasteiger partial charge >= 0.3 is 0 Å². The Morgan fingerprint density at radius 1 is 1.09 bits per heavy atom. The first-order valence-electron chi connectivity index (χ1n) is 12.1. The summed E-state index contributed by atoms with van der Waals surface area (Å²) in [6.07, 6.45) is 0.254. The molecule has 0 bridgehead atoms. The lowest BCUT2D eigenvalue weighted by molar-refractivity contribution is -0.117. The van der Waals surface area contributed by atoms with E-state index in [0.717, 1.165) is 30.2 Å². The van der Waals surface area contributed by atoms with Crippen molar-refractivity contribution >= 4 is 40.6 Å². The maximum atomic E-state index is 13.3. The molecule has 2 heterocycles. The molecule has 0 saturated carbocycles. The Bertz CT molecular complexity index is 1190. The standard InChI is InChI=1S/C26H32N6O2S/c1-5-30(6-2)20-14-12-19(13-15-20)25-28-29-26(31(25)7-3)35-17-24(34)32-18(4)16-23(33)27-21-10-8-9-11-22(21)32/h8-15,18H,5-7,16-17H2,1-4H3,(H,27,33). The lowest BCUT2D eigenvalue weighted by Gasteiger charge is -2.27. The van der Waals surface area contributed by atoms with Gasteiger partial charge in [0, 0.05) is 43.3 Å². The van der Waals surface area contributed by atoms with Crippen molar-refractivity contribution < 1.29 is 9.59 Å². The molecule has 4 rings (SSSR count). The van der Waals surface area contributed by atoms with Crippen molar-refractivity contribution in [3.63, 3.8) is 0 Å². The number of fused-ring (bicyclic) bond motifs is 1. The van der Waals surface area contributed by atoms with Crippen LogP contribution < -0.4 is 15.1 Å². The van der Waals surface area contributed by atoms with Crippen LogP contribution in [-0.2, 0) is 16.1 Å². The SMILES string of the molecule is CCN(CC)c1ccc(-c2nnc(SCC(=O)N3c4ccccc4NC(=O)CC3C)n2CC)cc1. The minimum atomic E-state index is -0.240. The summed E-state index contributed by atoms with van der Waals surface area (Å²) in [5.41, 5.74) is 3.56. The molecule has 2 aromatic carbocycles. The van der Waals surface area contributed by atoms with Crippen molar-refractivity contribution in [1.29, 1.82) is 0 Å². The number of nitrogens with zero attached hydrogens (tertiary/aromatic N) is 5. The van der Waals surface area contributed by atoms with Gasteiger partial charge in [-0.2, -0.15) is 0 Å². The summed E-state index contributed by atoms with van der Waals surface area (Å²) in [5, 5.41) is 12.4. The van der Waals surface area contributed by atoms with Gasteiger partial charge in [0.05, 0.1) is 17.1 Å². The average Bonchev–Trinajstić information content (AvgIpc) is 3.22. The van der Waals surface area contributed by atoms with Crippen LogP contribution in [0, 0.1) is 0 Å². The lowest BCUT2D eigenvalue weighted by atomic mass is 10.2. The van der Waals surface area contributed by atoms with Crippen LogP contribution in [-0.4, -0.2) is 51.5 Å². The smallest absolute Gasteiger partial charge is 0.237 e. The molecular weight excluding hydrogens is 460 g/mol. The van der Waals surface area contributed by atoms with Crippen LogP contribution in [0.15, 0.2) is 53.7 Å². The van der Waals surface area contributed by atoms with Crippen molar-refractivity contribution in [2.45, 2.75) is 51.9 Å². The molecule has 0 saturated heterocycles. The molecular formula is C26H32N6O2S. The number of amides is 2. The first-order valence-corrected chi connectivity index (χ1v) is 13.1. The van der Waals surface area contributed by atoms with Crippen LogP contribution >= 0.6 is 11.8 Å². The molecule has 1 aromatic heterocycles. The highest BCUT2D eigenvalue weighted by molar-refractivity contribution is 7.99. The molecule has 1 atom stereocenters. The number of carbonyl (C=O) groups is 2. The van der Waals surface area contributed by atoms with E-state index in [4.69, 9.17) is 0 Å². The molecule has 0 spiro atoms. The predicted molar refractivity (Wildman–Crippen MR) is 142 cm³/mol. The first kappa shape index (κ1) is 24.8. The van der Waals surface area contributed by atoms with Crippen LogP contribution in [0.1, 0.15) is 34.1 Å². The summed E-state index contributed by atoms with van der Waals surface area (Å²) in [7, 11) is 0. The number of hydrogen-bond acceptors (Lipinski definition) is 6. The average molecular weight is 493 g/mol. The number of nitrogens with one attached hydrogen (secondary N) is 1. The number of carbonyl (C=O) groups excluding carboxylic acids is 2. The predicted octanol–water partition coefficient (Wildman–Crippen LogP) is 4.67. The molecule has 9 heteroatoms. The zero-order chi connectivity index (χ0) is 24.9. The molecule has 1 unspecified atom stereocenters. The van der Waals surface area contributed by atoms with Gasteiger partial charge in [0.15, 0.2) is 11.0 Å². The Labute approximate surface area is 210 Å². The van der Waals surface area contributed by atoms with E-state index in [9.17, 15) is 9.59 Å². The third-order valence-corrected chi connectivity index (χ3v) is 7.19. The zero-order valence-corrected chi connectivity index (χ0v) is 21.5. The molecule has 2 amide bonds. The third-order valence-electron chi connectivity index (χ3n) is 6.24. The van der Waals surface area contributed by atoms with Gasteiger partial charge in [-0.25, -0.2) is 0 Å². The zero-order valence-electron chi connectivity index (χ0n) is 20.7. The fourth-order valence-corrected chi connectivity index (χ4v) is 5.33. The number of aromatic nitrogens is 3. The fraction of sp³-hybridized carbons (Fsp3) is 0.385. The van der Waals surface area contributed by atoms with Crippen molar-refractivity contribution in [1.82, 2.24) is 14.8 Å². The van der Waals surface area contributed by atoms with Crippen molar-refractivity contribution in [2.75, 3.05) is 34.0 Å². The molecule has 8 nitrogen and oxygen atoms in total. The highest BCUT2D eigenvalue weighted by Gasteiger charge is 2.29. The van der Waals surface area contributed by atoms with Gasteiger partial charge < -0.3 is 19.7 Å². The van der Waals surface area contributed by atoms with Gasteiger partial charge in [-0.1, -0.05) is 23.9 Å². The molecule has 184 valence electrons. The molecule has 3 aromatic rings. The second kappa shape index (κ2) is 10.9. The normalized spacial score (nSPS) is 15.4. The van der Waals surface area contributed by atoms with Crippen LogP contribution in [0.2, 0.25) is 0 Å². The molecule has 0 aliphatic carbocycles. The number of thioether (sulfide) groups is 1. The summed E-state index contributed by atoms with van der Waals surface area (Å²) in [4.78, 5) is 29.6. The summed E-state index contributed by atoms with van der Waals surface area (Å²) < 4.78 is 2.04. The Morgan fingerprint density at radius 2 is 1.80 bits per heavy atom. The third kappa shape index (κ3) is 5.19. The quantitative estimate of drug-likeness (QED) is 0.460. The Kier molecular flexibility index (Phi) is 7.75. The molecule has 1 N–H and O–H groups in total. The molecule has 0 radical (unpaired) electrons. The van der Waals surface area contributed by atoms with Gasteiger partial charge in [-0.3, -0.25) is 9.59 Å². The Morgan fingerprint density at radius 3 is 2.49 bits per heavy atom. The Hall–Kier alpha value is -3.33. The maximum absolute atomic E-state index is 13.3. The summed E-state index contributed by atoms with van der Waals surface area (Å²) in [6.45, 7) is 10.9. The van der Waals surface area contributed by atoms with E-state index in [1.807, 2.05) is 42.7 Å². The minimum absolute atomic E-state index is 0.0674. The van der Waals surface area contributed by atoms with Gasteiger partial charge in [0.1, 0.15) is 0 Å². The van der Waals surface area contributed by atoms with Crippen LogP contribution in [0.25, 0.3) is 11.4 Å². The van der Waals surface area contributed by atoms with E-state index in [-0.39, 0.29) is 30.0 Å². The lowest BCUT2D eigenvalue weighted by Crippen LogP contribution is -2.40. The number of anilines is 3. The van der Waals surface area contributed by atoms with Gasteiger partial charge in [-0.05, 0) is 64.1 Å². The summed E-state index contributed by atoms with van der Waals surface area (Å²) in [5.74, 6) is 0.834. The largest absolute Gasteiger partial charge is 0.372 e. The monoisotopic (exact) mass is 492 g/mol. The summed E-state index contributed by atoms with van der Waals surface area (Å²) in [6, 6.07) is 15.6. The number of para-hydroxylation sites is 2. The Balaban J connectivity index is 1.52. The highest BCUT2D eigenvalue weighted by Crippen LogP contribution is 2.33. The summed E-state index contributed by atoms with van der Waals surface area (Å²) >= 11 is 1.37. The number of hydrogen-bond donors (Lipinski definition) is 1. The minimum Gasteiger partial charge on any atom is -0.372 e. The molecule has 0 fully saturated rings. The van der Waals surface area contributed by atoms with Gasteiger partial charge in [0.2, 0.25) is 11.8 Å². The molecule has 35 heavy (non-hydrogen) atoms. The van der Waals surface area contributed by atoms with Crippen LogP contribution in [0.4, 0.5) is 17.1 Å². The van der Waals surface area contributed by atoms with Gasteiger partial charge in [-0.15, -0.1) is 10.2 Å². The second-order valence-corrected chi connectivity index (χ2v) is 9.38. The van der Waals surface area contributed by atoms with E-state index in [1.54, 1.807) is 4.90 Å². The van der Waals surface area contributed by atoms with E-state index in [2.05, 4.69) is 58.5 Å². The second-order valence-electron chi connectivity index (χ2n) is 8.44. The highest BCUT2D eigenvalue weighted by atomic mass is 32.2. The van der Waals surface area contributed by atoms with Crippen LogP contribution in [0.3, 0.4) is 0 Å². The van der Waals surface area contributed by atoms with Gasteiger partial charge in [0.25, 0.3) is 0 Å². The van der Waals surface area contributed by atoms with Crippen LogP contribution in [0.5, 0.6) is 0 Å². The first-order chi connectivity index (χ1) is 17.0. The molecule has 1 aliphatic heterocycles. The number of benzene rings is 2. The van der Waals surface area contributed by atoms with E-state index >= 15 is 0 Å². The number of rotatable bonds is 8.